The van der Waals surface area contributed by atoms with E-state index in [1.54, 1.807) is 36.4 Å². The zero-order valence-corrected chi connectivity index (χ0v) is 17.3. The molecular weight excluding hydrogens is 411 g/mol. The van der Waals surface area contributed by atoms with Crippen LogP contribution in [0.25, 0.3) is 6.08 Å². The highest BCUT2D eigenvalue weighted by atomic mass is 32.2. The maximum atomic E-state index is 13.8. The van der Waals surface area contributed by atoms with Gasteiger partial charge in [0, 0.05) is 18.5 Å². The fourth-order valence-corrected chi connectivity index (χ4v) is 4.00. The average Bonchev–Trinajstić information content (AvgIpc) is 2.96. The van der Waals surface area contributed by atoms with Gasteiger partial charge >= 0.3 is 0 Å². The molecule has 1 fully saturated rings. The number of halogens is 1. The van der Waals surface area contributed by atoms with Crippen LogP contribution in [0, 0.1) is 5.82 Å². The van der Waals surface area contributed by atoms with E-state index >= 15 is 0 Å². The van der Waals surface area contributed by atoms with Gasteiger partial charge in [0.25, 0.3) is 5.91 Å². The second-order valence-corrected chi connectivity index (χ2v) is 7.76. The van der Waals surface area contributed by atoms with Crippen LogP contribution in [0.4, 0.5) is 10.1 Å². The molecule has 0 aromatic heterocycles. The van der Waals surface area contributed by atoms with Crippen LogP contribution in [0.2, 0.25) is 0 Å². The molecule has 0 unspecified atom stereocenters. The molecule has 0 atom stereocenters. The number of carbonyl (C=O) groups excluding carboxylic acids is 2. The summed E-state index contributed by atoms with van der Waals surface area (Å²) in [6, 6.07) is 13.3. The number of rotatable bonds is 7. The number of hydrogen-bond acceptors (Lipinski definition) is 5. The highest BCUT2D eigenvalue weighted by Crippen LogP contribution is 2.33. The van der Waals surface area contributed by atoms with Crippen LogP contribution >= 0.6 is 24.0 Å². The molecule has 0 aliphatic carbocycles. The Morgan fingerprint density at radius 1 is 1.24 bits per heavy atom. The summed E-state index contributed by atoms with van der Waals surface area (Å²) in [4.78, 5) is 26.7. The van der Waals surface area contributed by atoms with E-state index in [9.17, 15) is 14.0 Å². The van der Waals surface area contributed by atoms with Gasteiger partial charge in [0.05, 0.1) is 17.2 Å². The van der Waals surface area contributed by atoms with Crippen LogP contribution in [0.1, 0.15) is 18.9 Å². The first-order valence-electron chi connectivity index (χ1n) is 9.01. The molecule has 2 aromatic rings. The molecule has 2 amide bonds. The van der Waals surface area contributed by atoms with E-state index in [0.717, 1.165) is 11.8 Å². The zero-order valence-electron chi connectivity index (χ0n) is 15.7. The Labute approximate surface area is 177 Å². The Balaban J connectivity index is 1.62. The first-order valence-corrected chi connectivity index (χ1v) is 10.2. The van der Waals surface area contributed by atoms with Crippen LogP contribution in [-0.4, -0.2) is 34.2 Å². The van der Waals surface area contributed by atoms with E-state index < -0.39 is 5.82 Å². The fourth-order valence-electron chi connectivity index (χ4n) is 2.70. The van der Waals surface area contributed by atoms with E-state index in [0.29, 0.717) is 32.8 Å². The number of thioether (sulfide) groups is 1. The minimum Gasteiger partial charge on any atom is -0.492 e. The van der Waals surface area contributed by atoms with E-state index in [-0.39, 0.29) is 24.8 Å². The topological polar surface area (TPSA) is 58.6 Å². The number of amides is 2. The predicted octanol–water partition coefficient (Wildman–Crippen LogP) is 4.45. The van der Waals surface area contributed by atoms with Gasteiger partial charge in [-0.3, -0.25) is 14.5 Å². The lowest BCUT2D eigenvalue weighted by molar-refractivity contribution is -0.122. The largest absolute Gasteiger partial charge is 0.492 e. The summed E-state index contributed by atoms with van der Waals surface area (Å²) < 4.78 is 19.7. The molecule has 3 rings (SSSR count). The first-order chi connectivity index (χ1) is 14.0. The van der Waals surface area contributed by atoms with Crippen molar-refractivity contribution in [2.75, 3.05) is 18.5 Å². The summed E-state index contributed by atoms with van der Waals surface area (Å²) in [5.74, 6) is -0.415. The number of nitrogens with zero attached hydrogens (tertiary/aromatic N) is 1. The second-order valence-electron chi connectivity index (χ2n) is 6.08. The Bertz CT molecular complexity index is 978. The highest BCUT2D eigenvalue weighted by Gasteiger charge is 2.32. The quantitative estimate of drug-likeness (QED) is 0.519. The van der Waals surface area contributed by atoms with Gasteiger partial charge < -0.3 is 10.1 Å². The summed E-state index contributed by atoms with van der Waals surface area (Å²) in [6.45, 7) is 2.49. The number of anilines is 1. The predicted molar refractivity (Wildman–Crippen MR) is 117 cm³/mol. The van der Waals surface area contributed by atoms with E-state index in [1.807, 2.05) is 13.0 Å². The Kier molecular flexibility index (Phi) is 7.00. The maximum Gasteiger partial charge on any atom is 0.266 e. The fraction of sp³-hybridized carbons (Fsp3) is 0.190. The van der Waals surface area contributed by atoms with Crippen LogP contribution in [0.3, 0.4) is 0 Å². The number of para-hydroxylation sites is 2. The van der Waals surface area contributed by atoms with E-state index in [2.05, 4.69) is 5.32 Å². The highest BCUT2D eigenvalue weighted by molar-refractivity contribution is 8.26. The molecule has 0 bridgehead atoms. The summed E-state index contributed by atoms with van der Waals surface area (Å²) >= 11 is 6.36. The molecule has 1 aliphatic heterocycles. The van der Waals surface area contributed by atoms with Crippen molar-refractivity contribution in [3.8, 4) is 5.75 Å². The third-order valence-corrected chi connectivity index (χ3v) is 5.47. The van der Waals surface area contributed by atoms with Gasteiger partial charge in [0.15, 0.2) is 0 Å². The van der Waals surface area contributed by atoms with E-state index in [4.69, 9.17) is 17.0 Å². The summed E-state index contributed by atoms with van der Waals surface area (Å²) in [5.41, 5.74) is 0.891. The van der Waals surface area contributed by atoms with Gasteiger partial charge in [-0.15, -0.1) is 0 Å². The van der Waals surface area contributed by atoms with Crippen LogP contribution < -0.4 is 10.1 Å². The Morgan fingerprint density at radius 3 is 2.72 bits per heavy atom. The van der Waals surface area contributed by atoms with Gasteiger partial charge in [-0.05, 0) is 31.2 Å². The molecule has 5 nitrogen and oxygen atoms in total. The third-order valence-electron chi connectivity index (χ3n) is 4.09. The molecule has 0 radical (unpaired) electrons. The minimum absolute atomic E-state index is 0.0693. The number of carbonyl (C=O) groups is 2. The van der Waals surface area contributed by atoms with Crippen LogP contribution in [0.15, 0.2) is 53.4 Å². The van der Waals surface area contributed by atoms with Crippen molar-refractivity contribution >= 4 is 51.9 Å². The lowest BCUT2D eigenvalue weighted by Gasteiger charge is -2.15. The van der Waals surface area contributed by atoms with Gasteiger partial charge in [0.1, 0.15) is 15.9 Å². The lowest BCUT2D eigenvalue weighted by atomic mass is 10.2. The average molecular weight is 431 g/mol. The van der Waals surface area contributed by atoms with Crippen LogP contribution in [0.5, 0.6) is 5.75 Å². The third kappa shape index (κ3) is 5.21. The minimum atomic E-state index is -0.412. The molecule has 1 heterocycles. The molecule has 0 spiro atoms. The molecular formula is C21H19FN2O3S2. The van der Waals surface area contributed by atoms with Gasteiger partial charge in [0.2, 0.25) is 5.91 Å². The van der Waals surface area contributed by atoms with Crippen molar-refractivity contribution in [1.82, 2.24) is 4.90 Å². The van der Waals surface area contributed by atoms with Crippen molar-refractivity contribution in [3.63, 3.8) is 0 Å². The van der Waals surface area contributed by atoms with E-state index in [1.165, 1.54) is 17.0 Å². The van der Waals surface area contributed by atoms with Crippen molar-refractivity contribution in [2.45, 2.75) is 13.3 Å². The zero-order chi connectivity index (χ0) is 20.8. The van der Waals surface area contributed by atoms with Crippen LogP contribution in [-0.2, 0) is 9.59 Å². The number of thiocarbonyl (C=S) groups is 1. The van der Waals surface area contributed by atoms with Crippen molar-refractivity contribution in [2.24, 2.45) is 0 Å². The summed E-state index contributed by atoms with van der Waals surface area (Å²) in [7, 11) is 0. The summed E-state index contributed by atoms with van der Waals surface area (Å²) in [6.07, 6.45) is 1.55. The van der Waals surface area contributed by atoms with Gasteiger partial charge in [-0.25, -0.2) is 4.39 Å². The molecule has 150 valence electrons. The number of hydrogen-bond donors (Lipinski definition) is 1. The molecule has 8 heteroatoms. The number of nitrogens with one attached hydrogen (secondary N) is 1. The number of ether oxygens (including phenoxy) is 1. The summed E-state index contributed by atoms with van der Waals surface area (Å²) in [5, 5.41) is 2.79. The van der Waals surface area contributed by atoms with Crippen molar-refractivity contribution in [1.29, 1.82) is 0 Å². The van der Waals surface area contributed by atoms with Crippen molar-refractivity contribution < 1.29 is 18.7 Å². The smallest absolute Gasteiger partial charge is 0.266 e. The van der Waals surface area contributed by atoms with Crippen molar-refractivity contribution in [3.05, 3.63) is 64.8 Å². The molecule has 0 saturated carbocycles. The molecule has 1 aliphatic rings. The normalized spacial score (nSPS) is 15.1. The molecule has 1 N–H and O–H groups in total. The Hall–Kier alpha value is -2.71. The lowest BCUT2D eigenvalue weighted by Crippen LogP contribution is -2.31. The van der Waals surface area contributed by atoms with Gasteiger partial charge in [-0.2, -0.15) is 0 Å². The molecule has 1 saturated heterocycles. The SMILES string of the molecule is CCOc1ccccc1NC(=O)CCN1C(=O)C(=Cc2ccccc2F)SC1=S. The van der Waals surface area contributed by atoms with Gasteiger partial charge in [-0.1, -0.05) is 54.3 Å². The monoisotopic (exact) mass is 430 g/mol. The maximum absolute atomic E-state index is 13.8. The molecule has 2 aromatic carbocycles. The Morgan fingerprint density at radius 2 is 1.97 bits per heavy atom. The number of benzene rings is 2. The second kappa shape index (κ2) is 9.67. The first kappa shape index (κ1) is 21.0. The standard InChI is InChI=1S/C21H19FN2O3S2/c1-2-27-17-10-6-5-9-16(17)23-19(25)11-12-24-20(26)18(29-21(24)28)13-14-7-3-4-8-15(14)22/h3-10,13H,2,11-12H2,1H3,(H,23,25). The molecule has 29 heavy (non-hydrogen) atoms.